The van der Waals surface area contributed by atoms with Crippen LogP contribution in [0.5, 0.6) is 0 Å². The van der Waals surface area contributed by atoms with Crippen molar-refractivity contribution < 1.29 is 9.63 Å². The normalized spacial score (nSPS) is 10.2. The minimum absolute atomic E-state index is 0.00579. The summed E-state index contributed by atoms with van der Waals surface area (Å²) in [6.45, 7) is 2.07. The lowest BCUT2D eigenvalue weighted by molar-refractivity contribution is 0.0363. The lowest BCUT2D eigenvalue weighted by Crippen LogP contribution is -2.29. The van der Waals surface area contributed by atoms with Crippen LogP contribution in [0.2, 0.25) is 0 Å². The van der Waals surface area contributed by atoms with E-state index in [-0.39, 0.29) is 5.56 Å². The van der Waals surface area contributed by atoms with Gasteiger partial charge in [0.05, 0.1) is 6.61 Å². The zero-order chi connectivity index (χ0) is 13.7. The molecule has 0 aliphatic rings. The minimum Gasteiger partial charge on any atom is -0.321 e. The lowest BCUT2D eigenvalue weighted by Gasteiger charge is -2.05. The van der Waals surface area contributed by atoms with Crippen molar-refractivity contribution in [1.29, 1.82) is 0 Å². The average molecular weight is 259 g/mol. The van der Waals surface area contributed by atoms with Crippen LogP contribution in [-0.2, 0) is 4.84 Å². The maximum Gasteiger partial charge on any atom is 0.280 e. The van der Waals surface area contributed by atoms with Crippen LogP contribution in [0.1, 0.15) is 17.3 Å². The topological polar surface area (TPSA) is 84.1 Å². The zero-order valence-electron chi connectivity index (χ0n) is 10.3. The molecule has 0 atom stereocenters. The molecule has 0 unspecified atom stereocenters. The Labute approximate surface area is 109 Å². The standard InChI is InChI=1S/C13H13N3O3/c1-2-19-16-13(18)10-3-4-11(15-12(10)17)9-5-7-14-8-6-9/h3-8H,2H2,1H3,(H,15,17)(H,16,18). The summed E-state index contributed by atoms with van der Waals surface area (Å²) in [6, 6.07) is 6.66. The van der Waals surface area contributed by atoms with E-state index in [0.29, 0.717) is 12.3 Å². The number of hydroxylamine groups is 1. The molecule has 0 bridgehead atoms. The van der Waals surface area contributed by atoms with Crippen LogP contribution in [0, 0.1) is 0 Å². The second kappa shape index (κ2) is 5.92. The molecule has 2 aromatic rings. The molecule has 1 amide bonds. The van der Waals surface area contributed by atoms with E-state index in [4.69, 9.17) is 4.84 Å². The van der Waals surface area contributed by atoms with E-state index < -0.39 is 11.5 Å². The number of nitrogens with one attached hydrogen (secondary N) is 2. The molecular weight excluding hydrogens is 246 g/mol. The fourth-order valence-corrected chi connectivity index (χ4v) is 1.55. The van der Waals surface area contributed by atoms with Gasteiger partial charge in [0.15, 0.2) is 0 Å². The summed E-state index contributed by atoms with van der Waals surface area (Å²) in [5.74, 6) is -0.565. The predicted octanol–water partition coefficient (Wildman–Crippen LogP) is 1.12. The summed E-state index contributed by atoms with van der Waals surface area (Å²) < 4.78 is 0. The largest absolute Gasteiger partial charge is 0.321 e. The number of hydrogen-bond donors (Lipinski definition) is 2. The van der Waals surface area contributed by atoms with Crippen molar-refractivity contribution in [2.24, 2.45) is 0 Å². The van der Waals surface area contributed by atoms with Crippen LogP contribution in [0.3, 0.4) is 0 Å². The average Bonchev–Trinajstić information content (AvgIpc) is 2.45. The van der Waals surface area contributed by atoms with Crippen molar-refractivity contribution >= 4 is 5.91 Å². The van der Waals surface area contributed by atoms with Crippen LogP contribution >= 0.6 is 0 Å². The summed E-state index contributed by atoms with van der Waals surface area (Å²) in [7, 11) is 0. The van der Waals surface area contributed by atoms with Crippen molar-refractivity contribution in [2.45, 2.75) is 6.92 Å². The van der Waals surface area contributed by atoms with Gasteiger partial charge in [-0.05, 0) is 31.2 Å². The van der Waals surface area contributed by atoms with Gasteiger partial charge in [0, 0.05) is 23.7 Å². The first kappa shape index (κ1) is 13.0. The highest BCUT2D eigenvalue weighted by atomic mass is 16.6. The van der Waals surface area contributed by atoms with Crippen LogP contribution in [0.4, 0.5) is 0 Å². The van der Waals surface area contributed by atoms with Crippen LogP contribution in [0.25, 0.3) is 11.3 Å². The van der Waals surface area contributed by atoms with Crippen LogP contribution in [0.15, 0.2) is 41.5 Å². The number of pyridine rings is 2. The number of amides is 1. The molecule has 98 valence electrons. The second-order valence-electron chi connectivity index (χ2n) is 3.71. The molecule has 2 heterocycles. The van der Waals surface area contributed by atoms with Crippen LogP contribution in [-0.4, -0.2) is 22.5 Å². The molecule has 6 heteroatoms. The lowest BCUT2D eigenvalue weighted by atomic mass is 10.1. The van der Waals surface area contributed by atoms with Gasteiger partial charge in [0.2, 0.25) is 0 Å². The van der Waals surface area contributed by atoms with Gasteiger partial charge in [-0.3, -0.25) is 19.4 Å². The van der Waals surface area contributed by atoms with E-state index in [9.17, 15) is 9.59 Å². The number of rotatable bonds is 4. The number of aromatic amines is 1. The molecule has 0 aliphatic carbocycles. The molecule has 19 heavy (non-hydrogen) atoms. The Hall–Kier alpha value is -2.47. The molecule has 0 saturated carbocycles. The number of aromatic nitrogens is 2. The highest BCUT2D eigenvalue weighted by Crippen LogP contribution is 2.13. The van der Waals surface area contributed by atoms with Gasteiger partial charge in [0.25, 0.3) is 11.5 Å². The van der Waals surface area contributed by atoms with E-state index in [1.165, 1.54) is 6.07 Å². The first-order valence-corrected chi connectivity index (χ1v) is 5.78. The van der Waals surface area contributed by atoms with Crippen molar-refractivity contribution in [3.63, 3.8) is 0 Å². The molecule has 6 nitrogen and oxygen atoms in total. The Balaban J connectivity index is 2.28. The van der Waals surface area contributed by atoms with Gasteiger partial charge in [-0.15, -0.1) is 0 Å². The smallest absolute Gasteiger partial charge is 0.280 e. The molecule has 0 saturated heterocycles. The Morgan fingerprint density at radius 2 is 2.05 bits per heavy atom. The maximum atomic E-state index is 11.8. The van der Waals surface area contributed by atoms with E-state index >= 15 is 0 Å². The first-order valence-electron chi connectivity index (χ1n) is 5.78. The van der Waals surface area contributed by atoms with E-state index in [1.54, 1.807) is 37.5 Å². The number of hydrogen-bond acceptors (Lipinski definition) is 4. The Bertz CT molecular complexity index is 623. The summed E-state index contributed by atoms with van der Waals surface area (Å²) in [6.07, 6.45) is 3.26. The number of carbonyl (C=O) groups excluding carboxylic acids is 1. The quantitative estimate of drug-likeness (QED) is 0.806. The molecule has 0 fully saturated rings. The van der Waals surface area contributed by atoms with E-state index in [1.807, 2.05) is 0 Å². The van der Waals surface area contributed by atoms with E-state index in [0.717, 1.165) is 5.56 Å². The van der Waals surface area contributed by atoms with Gasteiger partial charge in [-0.25, -0.2) is 5.48 Å². The third kappa shape index (κ3) is 3.05. The maximum absolute atomic E-state index is 11.8. The molecule has 0 aromatic carbocycles. The molecular formula is C13H13N3O3. The molecule has 0 spiro atoms. The number of nitrogens with zero attached hydrogens (tertiary/aromatic N) is 1. The Morgan fingerprint density at radius 3 is 2.68 bits per heavy atom. The van der Waals surface area contributed by atoms with Crippen molar-refractivity contribution in [3.8, 4) is 11.3 Å². The predicted molar refractivity (Wildman–Crippen MR) is 69.4 cm³/mol. The highest BCUT2D eigenvalue weighted by molar-refractivity contribution is 5.93. The van der Waals surface area contributed by atoms with Crippen molar-refractivity contribution in [2.75, 3.05) is 6.61 Å². The zero-order valence-corrected chi connectivity index (χ0v) is 10.3. The molecule has 0 radical (unpaired) electrons. The summed E-state index contributed by atoms with van der Waals surface area (Å²) in [5, 5.41) is 0. The van der Waals surface area contributed by atoms with Gasteiger partial charge in [-0.2, -0.15) is 0 Å². The fraction of sp³-hybridized carbons (Fsp3) is 0.154. The third-order valence-electron chi connectivity index (χ3n) is 2.45. The number of H-pyrrole nitrogens is 1. The van der Waals surface area contributed by atoms with E-state index in [2.05, 4.69) is 15.4 Å². The summed E-state index contributed by atoms with van der Waals surface area (Å²) >= 11 is 0. The molecule has 2 N–H and O–H groups in total. The highest BCUT2D eigenvalue weighted by Gasteiger charge is 2.11. The Morgan fingerprint density at radius 1 is 1.32 bits per heavy atom. The summed E-state index contributed by atoms with van der Waals surface area (Å²) in [5.41, 5.74) is 3.17. The first-order chi connectivity index (χ1) is 9.22. The van der Waals surface area contributed by atoms with Gasteiger partial charge >= 0.3 is 0 Å². The number of carbonyl (C=O) groups is 1. The van der Waals surface area contributed by atoms with Gasteiger partial charge in [-0.1, -0.05) is 0 Å². The summed E-state index contributed by atoms with van der Waals surface area (Å²) in [4.78, 5) is 34.7. The third-order valence-corrected chi connectivity index (χ3v) is 2.45. The Kier molecular flexibility index (Phi) is 4.04. The SMILES string of the molecule is CCONC(=O)c1ccc(-c2ccncc2)[nH]c1=O. The fourth-order valence-electron chi connectivity index (χ4n) is 1.55. The monoisotopic (exact) mass is 259 g/mol. The van der Waals surface area contributed by atoms with Crippen LogP contribution < -0.4 is 11.0 Å². The molecule has 0 aliphatic heterocycles. The van der Waals surface area contributed by atoms with Gasteiger partial charge in [0.1, 0.15) is 5.56 Å². The van der Waals surface area contributed by atoms with Crippen molar-refractivity contribution in [3.05, 3.63) is 52.6 Å². The van der Waals surface area contributed by atoms with Crippen molar-refractivity contribution in [1.82, 2.24) is 15.4 Å². The molecule has 2 rings (SSSR count). The van der Waals surface area contributed by atoms with Gasteiger partial charge < -0.3 is 4.98 Å². The molecule has 2 aromatic heterocycles. The second-order valence-corrected chi connectivity index (χ2v) is 3.71. The minimum atomic E-state index is -0.565.